The summed E-state index contributed by atoms with van der Waals surface area (Å²) in [6.45, 7) is 0. The third kappa shape index (κ3) is 3.91. The summed E-state index contributed by atoms with van der Waals surface area (Å²) < 4.78 is 45.2. The summed E-state index contributed by atoms with van der Waals surface area (Å²) in [4.78, 5) is 26.9. The highest BCUT2D eigenvalue weighted by atomic mass is 19.4. The quantitative estimate of drug-likeness (QED) is 0.491. The molecule has 0 saturated heterocycles. The fourth-order valence-corrected chi connectivity index (χ4v) is 3.02. The Morgan fingerprint density at radius 3 is 2.48 bits per heavy atom. The second kappa shape index (κ2) is 7.71. The van der Waals surface area contributed by atoms with Crippen LogP contribution in [0.3, 0.4) is 0 Å². The van der Waals surface area contributed by atoms with Gasteiger partial charge >= 0.3 is 6.18 Å². The first-order valence-corrected chi connectivity index (χ1v) is 9.08. The van der Waals surface area contributed by atoms with Crippen molar-refractivity contribution in [2.45, 2.75) is 6.18 Å². The van der Waals surface area contributed by atoms with E-state index in [1.165, 1.54) is 42.7 Å². The minimum Gasteiger partial charge on any atom is -0.481 e. The minimum atomic E-state index is -4.42. The Bertz CT molecular complexity index is 1250. The third-order valence-corrected chi connectivity index (χ3v) is 4.69. The van der Waals surface area contributed by atoms with Gasteiger partial charge in [0.15, 0.2) is 5.65 Å². The van der Waals surface area contributed by atoms with Crippen LogP contribution in [0.5, 0.6) is 5.88 Å². The summed E-state index contributed by atoms with van der Waals surface area (Å²) in [6, 6.07) is 9.76. The van der Waals surface area contributed by atoms with E-state index < -0.39 is 17.6 Å². The summed E-state index contributed by atoms with van der Waals surface area (Å²) in [7, 11) is 3.03. The summed E-state index contributed by atoms with van der Waals surface area (Å²) in [6.07, 6.45) is 0.0173. The lowest BCUT2D eigenvalue weighted by molar-refractivity contribution is -0.137. The number of rotatable bonds is 4. The molecule has 4 rings (SSSR count). The average Bonchev–Trinajstić information content (AvgIpc) is 3.21. The highest BCUT2D eigenvalue weighted by molar-refractivity contribution is 6.03. The molecule has 0 aliphatic heterocycles. The first-order chi connectivity index (χ1) is 14.8. The van der Waals surface area contributed by atoms with E-state index in [9.17, 15) is 18.0 Å². The zero-order chi connectivity index (χ0) is 22.2. The Labute approximate surface area is 174 Å². The fourth-order valence-electron chi connectivity index (χ4n) is 3.02. The number of imidazole rings is 1. The second-order valence-corrected chi connectivity index (χ2v) is 6.62. The Morgan fingerprint density at radius 2 is 1.81 bits per heavy atom. The zero-order valence-corrected chi connectivity index (χ0v) is 16.5. The van der Waals surface area contributed by atoms with Crippen LogP contribution in [-0.2, 0) is 6.18 Å². The van der Waals surface area contributed by atoms with Gasteiger partial charge in [-0.3, -0.25) is 14.1 Å². The molecule has 0 saturated carbocycles. The molecular weight excluding hydrogens is 411 g/mol. The first kappa shape index (κ1) is 20.3. The predicted molar refractivity (Wildman–Crippen MR) is 107 cm³/mol. The van der Waals surface area contributed by atoms with Gasteiger partial charge in [0.2, 0.25) is 5.88 Å². The molecule has 1 aromatic carbocycles. The summed E-state index contributed by atoms with van der Waals surface area (Å²) >= 11 is 0. The number of aromatic nitrogens is 4. The molecule has 1 amide bonds. The van der Waals surface area contributed by atoms with Crippen molar-refractivity contribution in [3.63, 3.8) is 0 Å². The lowest BCUT2D eigenvalue weighted by atomic mass is 10.1. The minimum absolute atomic E-state index is 0.116. The number of carbonyl (C=O) groups is 1. The van der Waals surface area contributed by atoms with Crippen LogP contribution in [0.25, 0.3) is 16.9 Å². The number of hydrogen-bond acceptors (Lipinski definition) is 5. The van der Waals surface area contributed by atoms with Crippen molar-refractivity contribution in [1.82, 2.24) is 19.4 Å². The highest BCUT2D eigenvalue weighted by Gasteiger charge is 2.30. The number of pyridine rings is 1. The zero-order valence-electron chi connectivity index (χ0n) is 16.5. The molecule has 158 valence electrons. The van der Waals surface area contributed by atoms with Crippen LogP contribution in [0, 0.1) is 0 Å². The molecule has 31 heavy (non-hydrogen) atoms. The summed E-state index contributed by atoms with van der Waals surface area (Å²) in [5, 5.41) is 0. The van der Waals surface area contributed by atoms with Crippen LogP contribution < -0.4 is 9.64 Å². The molecule has 10 heteroatoms. The monoisotopic (exact) mass is 427 g/mol. The van der Waals surface area contributed by atoms with E-state index in [4.69, 9.17) is 4.74 Å². The molecule has 0 N–H and O–H groups in total. The van der Waals surface area contributed by atoms with Crippen LogP contribution in [0.4, 0.5) is 19.0 Å². The predicted octanol–water partition coefficient (Wildman–Crippen LogP) is 4.10. The molecule has 3 heterocycles. The van der Waals surface area contributed by atoms with Gasteiger partial charge in [-0.15, -0.1) is 0 Å². The van der Waals surface area contributed by atoms with Gasteiger partial charge in [0.25, 0.3) is 5.91 Å². The number of alkyl halides is 3. The number of benzene rings is 1. The van der Waals surface area contributed by atoms with Crippen molar-refractivity contribution < 1.29 is 22.7 Å². The van der Waals surface area contributed by atoms with Gasteiger partial charge in [0.05, 0.1) is 30.8 Å². The van der Waals surface area contributed by atoms with Crippen LogP contribution >= 0.6 is 0 Å². The van der Waals surface area contributed by atoms with Crippen LogP contribution in [0.1, 0.15) is 16.1 Å². The maximum absolute atomic E-state index is 12.9. The molecule has 4 aromatic rings. The molecule has 0 unspecified atom stereocenters. The smallest absolute Gasteiger partial charge is 0.416 e. The number of fused-ring (bicyclic) bond motifs is 1. The number of anilines is 1. The van der Waals surface area contributed by atoms with E-state index >= 15 is 0 Å². The second-order valence-electron chi connectivity index (χ2n) is 6.62. The maximum atomic E-state index is 12.9. The maximum Gasteiger partial charge on any atom is 0.416 e. The van der Waals surface area contributed by atoms with Gasteiger partial charge in [-0.05, 0) is 18.2 Å². The largest absolute Gasteiger partial charge is 0.481 e. The number of methoxy groups -OCH3 is 1. The molecule has 0 bridgehead atoms. The number of ether oxygens (including phenoxy) is 1. The van der Waals surface area contributed by atoms with Crippen LogP contribution in [-0.4, -0.2) is 39.4 Å². The van der Waals surface area contributed by atoms with E-state index in [2.05, 4.69) is 15.0 Å². The van der Waals surface area contributed by atoms with E-state index in [0.717, 1.165) is 12.1 Å². The molecule has 0 atom stereocenters. The van der Waals surface area contributed by atoms with Crippen molar-refractivity contribution in [2.75, 3.05) is 19.1 Å². The number of carbonyl (C=O) groups excluding carboxylic acids is 1. The van der Waals surface area contributed by atoms with Crippen LogP contribution in [0.2, 0.25) is 0 Å². The lowest BCUT2D eigenvalue weighted by Gasteiger charge is -2.16. The topological polar surface area (TPSA) is 72.6 Å². The Morgan fingerprint density at radius 1 is 1.06 bits per heavy atom. The molecule has 0 spiro atoms. The van der Waals surface area contributed by atoms with Gasteiger partial charge in [0.1, 0.15) is 11.5 Å². The highest BCUT2D eigenvalue weighted by Crippen LogP contribution is 2.31. The average molecular weight is 427 g/mol. The summed E-state index contributed by atoms with van der Waals surface area (Å²) in [5.74, 6) is 0.314. The number of hydrogen-bond donors (Lipinski definition) is 0. The van der Waals surface area contributed by atoms with Crippen molar-refractivity contribution >= 4 is 17.4 Å². The lowest BCUT2D eigenvalue weighted by Crippen LogP contribution is -2.28. The number of amides is 1. The molecule has 3 aromatic heterocycles. The molecule has 0 radical (unpaired) electrons. The van der Waals surface area contributed by atoms with Crippen LogP contribution in [0.15, 0.2) is 61.1 Å². The Kier molecular flexibility index (Phi) is 5.05. The Hall–Kier alpha value is -3.95. The Balaban J connectivity index is 1.68. The van der Waals surface area contributed by atoms with Gasteiger partial charge < -0.3 is 4.74 Å². The normalized spacial score (nSPS) is 11.5. The standard InChI is InChI=1S/C21H16F3N5O2/c1-28(17-4-3-5-19(27-17)31-2)20(30)15-12-29-16(10-26-18(29)11-25-15)13-6-8-14(9-7-13)21(22,23)24/h3-12H,1-2H3. The van der Waals surface area contributed by atoms with Crippen molar-refractivity contribution in [3.8, 4) is 17.1 Å². The van der Waals surface area contributed by atoms with Gasteiger partial charge in [-0.2, -0.15) is 18.2 Å². The SMILES string of the molecule is COc1cccc(N(C)C(=O)c2cn3c(-c4ccc(C(F)(F)F)cc4)cnc3cn2)n1. The van der Waals surface area contributed by atoms with E-state index in [-0.39, 0.29) is 5.69 Å². The third-order valence-electron chi connectivity index (χ3n) is 4.69. The van der Waals surface area contributed by atoms with Crippen molar-refractivity contribution in [2.24, 2.45) is 0 Å². The van der Waals surface area contributed by atoms with E-state index in [1.54, 1.807) is 29.6 Å². The van der Waals surface area contributed by atoms with E-state index in [0.29, 0.717) is 28.6 Å². The first-order valence-electron chi connectivity index (χ1n) is 9.08. The van der Waals surface area contributed by atoms with Gasteiger partial charge in [-0.25, -0.2) is 9.97 Å². The molecule has 0 aliphatic carbocycles. The van der Waals surface area contributed by atoms with Gasteiger partial charge in [0, 0.05) is 24.9 Å². The van der Waals surface area contributed by atoms with Crippen molar-refractivity contribution in [3.05, 3.63) is 72.3 Å². The molecular formula is C21H16F3N5O2. The fraction of sp³-hybridized carbons (Fsp3) is 0.143. The molecule has 0 fully saturated rings. The number of nitrogens with zero attached hydrogens (tertiary/aromatic N) is 5. The summed E-state index contributed by atoms with van der Waals surface area (Å²) in [5.41, 5.74) is 0.879. The van der Waals surface area contributed by atoms with Crippen molar-refractivity contribution in [1.29, 1.82) is 0 Å². The van der Waals surface area contributed by atoms with Gasteiger partial charge in [-0.1, -0.05) is 18.2 Å². The molecule has 0 aliphatic rings. The number of halogens is 3. The molecule has 7 nitrogen and oxygen atoms in total. The van der Waals surface area contributed by atoms with E-state index in [1.807, 2.05) is 0 Å².